The SMILES string of the molecule is CCCC(C)N(C)C(=O)Nc1ccc(S(C)(=O)=O)cc1. The lowest BCUT2D eigenvalue weighted by Crippen LogP contribution is -2.38. The Morgan fingerprint density at radius 2 is 1.85 bits per heavy atom. The molecule has 0 aliphatic carbocycles. The molecule has 1 aromatic rings. The number of amides is 2. The molecule has 0 heterocycles. The molecule has 0 saturated carbocycles. The number of rotatable bonds is 5. The lowest BCUT2D eigenvalue weighted by atomic mass is 10.2. The lowest BCUT2D eigenvalue weighted by Gasteiger charge is -2.24. The van der Waals surface area contributed by atoms with Crippen molar-refractivity contribution in [2.45, 2.75) is 37.6 Å². The molecular weight excluding hydrogens is 276 g/mol. The molecule has 1 unspecified atom stereocenters. The highest BCUT2D eigenvalue weighted by atomic mass is 32.2. The maximum Gasteiger partial charge on any atom is 0.321 e. The zero-order chi connectivity index (χ0) is 15.3. The third kappa shape index (κ3) is 4.52. The molecule has 0 radical (unpaired) electrons. The Balaban J connectivity index is 2.72. The molecule has 0 spiro atoms. The van der Waals surface area contributed by atoms with E-state index in [0.29, 0.717) is 5.69 Å². The van der Waals surface area contributed by atoms with Gasteiger partial charge in [0.2, 0.25) is 0 Å². The summed E-state index contributed by atoms with van der Waals surface area (Å²) in [5.74, 6) is 0. The van der Waals surface area contributed by atoms with Crippen LogP contribution in [0.25, 0.3) is 0 Å². The van der Waals surface area contributed by atoms with Gasteiger partial charge >= 0.3 is 6.03 Å². The predicted molar refractivity (Wildman–Crippen MR) is 80.7 cm³/mol. The first-order valence-electron chi connectivity index (χ1n) is 6.59. The van der Waals surface area contributed by atoms with Crippen LogP contribution in [-0.2, 0) is 9.84 Å². The van der Waals surface area contributed by atoms with Crippen LogP contribution in [0.3, 0.4) is 0 Å². The van der Waals surface area contributed by atoms with E-state index in [2.05, 4.69) is 12.2 Å². The molecule has 1 atom stereocenters. The molecule has 1 aromatic carbocycles. The van der Waals surface area contributed by atoms with Crippen molar-refractivity contribution >= 4 is 21.6 Å². The van der Waals surface area contributed by atoms with Crippen molar-refractivity contribution in [3.8, 4) is 0 Å². The van der Waals surface area contributed by atoms with E-state index in [-0.39, 0.29) is 17.0 Å². The van der Waals surface area contributed by atoms with Crippen LogP contribution < -0.4 is 5.32 Å². The molecule has 20 heavy (non-hydrogen) atoms. The van der Waals surface area contributed by atoms with Gasteiger partial charge < -0.3 is 10.2 Å². The van der Waals surface area contributed by atoms with Gasteiger partial charge in [0, 0.05) is 25.0 Å². The van der Waals surface area contributed by atoms with Gasteiger partial charge in [0.1, 0.15) is 0 Å². The third-order valence-electron chi connectivity index (χ3n) is 3.22. The minimum Gasteiger partial charge on any atom is -0.325 e. The van der Waals surface area contributed by atoms with Crippen LogP contribution in [0.15, 0.2) is 29.2 Å². The number of nitrogens with one attached hydrogen (secondary N) is 1. The van der Waals surface area contributed by atoms with E-state index in [1.54, 1.807) is 24.1 Å². The summed E-state index contributed by atoms with van der Waals surface area (Å²) in [5.41, 5.74) is 0.581. The Morgan fingerprint density at radius 3 is 2.30 bits per heavy atom. The standard InChI is InChI=1S/C14H22N2O3S/c1-5-6-11(2)16(3)14(17)15-12-7-9-13(10-8-12)20(4,18)19/h7-11H,5-6H2,1-4H3,(H,15,17). The first-order valence-corrected chi connectivity index (χ1v) is 8.48. The molecule has 5 nitrogen and oxygen atoms in total. The number of carbonyl (C=O) groups excluding carboxylic acids is 1. The summed E-state index contributed by atoms with van der Waals surface area (Å²) in [5, 5.41) is 2.75. The van der Waals surface area contributed by atoms with Crippen molar-refractivity contribution in [2.24, 2.45) is 0 Å². The zero-order valence-electron chi connectivity index (χ0n) is 12.4. The van der Waals surface area contributed by atoms with Gasteiger partial charge in [0.25, 0.3) is 0 Å². The van der Waals surface area contributed by atoms with E-state index in [1.807, 2.05) is 6.92 Å². The van der Waals surface area contributed by atoms with Gasteiger partial charge in [0.05, 0.1) is 4.90 Å². The molecule has 1 N–H and O–H groups in total. The summed E-state index contributed by atoms with van der Waals surface area (Å²) >= 11 is 0. The lowest BCUT2D eigenvalue weighted by molar-refractivity contribution is 0.205. The fraction of sp³-hybridized carbons (Fsp3) is 0.500. The van der Waals surface area contributed by atoms with Crippen LogP contribution in [0, 0.1) is 0 Å². The van der Waals surface area contributed by atoms with Crippen molar-refractivity contribution < 1.29 is 13.2 Å². The second-order valence-electron chi connectivity index (χ2n) is 4.98. The van der Waals surface area contributed by atoms with Gasteiger partial charge in [-0.3, -0.25) is 0 Å². The van der Waals surface area contributed by atoms with E-state index < -0.39 is 9.84 Å². The molecule has 1 rings (SSSR count). The van der Waals surface area contributed by atoms with Gasteiger partial charge in [-0.2, -0.15) is 0 Å². The number of urea groups is 1. The monoisotopic (exact) mass is 298 g/mol. The first kappa shape index (κ1) is 16.5. The summed E-state index contributed by atoms with van der Waals surface area (Å²) < 4.78 is 22.7. The minimum absolute atomic E-state index is 0.162. The van der Waals surface area contributed by atoms with Gasteiger partial charge in [0.15, 0.2) is 9.84 Å². The molecule has 0 aromatic heterocycles. The molecule has 112 valence electrons. The molecule has 6 heteroatoms. The maximum absolute atomic E-state index is 12.0. The zero-order valence-corrected chi connectivity index (χ0v) is 13.2. The Kier molecular flexibility index (Phi) is 5.56. The number of sulfone groups is 1. The summed E-state index contributed by atoms with van der Waals surface area (Å²) in [6.07, 6.45) is 3.11. The Labute approximate surface area is 120 Å². The number of carbonyl (C=O) groups is 1. The van der Waals surface area contributed by atoms with Crippen LogP contribution in [0.2, 0.25) is 0 Å². The van der Waals surface area contributed by atoms with E-state index in [4.69, 9.17) is 0 Å². The summed E-state index contributed by atoms with van der Waals surface area (Å²) in [4.78, 5) is 13.9. The van der Waals surface area contributed by atoms with E-state index in [1.165, 1.54) is 12.1 Å². The summed E-state index contributed by atoms with van der Waals surface area (Å²) in [6, 6.07) is 6.12. The van der Waals surface area contributed by atoms with Crippen molar-refractivity contribution in [1.82, 2.24) is 4.90 Å². The maximum atomic E-state index is 12.0. The molecule has 2 amide bonds. The number of nitrogens with zero attached hydrogens (tertiary/aromatic N) is 1. The highest BCUT2D eigenvalue weighted by molar-refractivity contribution is 7.90. The van der Waals surface area contributed by atoms with Crippen molar-refractivity contribution in [3.05, 3.63) is 24.3 Å². The third-order valence-corrected chi connectivity index (χ3v) is 4.35. The average Bonchev–Trinajstić information content (AvgIpc) is 2.37. The molecular formula is C14H22N2O3S. The highest BCUT2D eigenvalue weighted by Crippen LogP contribution is 2.15. The fourth-order valence-corrected chi connectivity index (χ4v) is 2.44. The van der Waals surface area contributed by atoms with E-state index in [0.717, 1.165) is 19.1 Å². The topological polar surface area (TPSA) is 66.5 Å². The Hall–Kier alpha value is -1.56. The minimum atomic E-state index is -3.21. The fourth-order valence-electron chi connectivity index (χ4n) is 1.81. The number of anilines is 1. The average molecular weight is 298 g/mol. The smallest absolute Gasteiger partial charge is 0.321 e. The highest BCUT2D eigenvalue weighted by Gasteiger charge is 2.15. The number of hydrogen-bond acceptors (Lipinski definition) is 3. The summed E-state index contributed by atoms with van der Waals surface area (Å²) in [6.45, 7) is 4.07. The van der Waals surface area contributed by atoms with Gasteiger partial charge in [-0.1, -0.05) is 13.3 Å². The predicted octanol–water partition coefficient (Wildman–Crippen LogP) is 2.74. The van der Waals surface area contributed by atoms with E-state index >= 15 is 0 Å². The summed E-state index contributed by atoms with van der Waals surface area (Å²) in [7, 11) is -1.46. The molecule has 0 fully saturated rings. The number of hydrogen-bond donors (Lipinski definition) is 1. The van der Waals surface area contributed by atoms with Crippen molar-refractivity contribution in [3.63, 3.8) is 0 Å². The largest absolute Gasteiger partial charge is 0.325 e. The Morgan fingerprint density at radius 1 is 1.30 bits per heavy atom. The molecule has 0 aliphatic heterocycles. The van der Waals surface area contributed by atoms with E-state index in [9.17, 15) is 13.2 Å². The van der Waals surface area contributed by atoms with Crippen LogP contribution >= 0.6 is 0 Å². The second-order valence-corrected chi connectivity index (χ2v) is 6.99. The van der Waals surface area contributed by atoms with Gasteiger partial charge in [-0.05, 0) is 37.6 Å². The molecule has 0 aliphatic rings. The van der Waals surface area contributed by atoms with Crippen LogP contribution in [-0.4, -0.2) is 38.7 Å². The van der Waals surface area contributed by atoms with Crippen molar-refractivity contribution in [2.75, 3.05) is 18.6 Å². The van der Waals surface area contributed by atoms with Gasteiger partial charge in [-0.25, -0.2) is 13.2 Å². The first-order chi connectivity index (χ1) is 9.25. The van der Waals surface area contributed by atoms with Crippen LogP contribution in [0.5, 0.6) is 0 Å². The number of benzene rings is 1. The van der Waals surface area contributed by atoms with Crippen LogP contribution in [0.1, 0.15) is 26.7 Å². The Bertz CT molecular complexity index is 552. The quantitative estimate of drug-likeness (QED) is 0.909. The second kappa shape index (κ2) is 6.74. The van der Waals surface area contributed by atoms with Crippen LogP contribution in [0.4, 0.5) is 10.5 Å². The molecule has 0 saturated heterocycles. The molecule has 0 bridgehead atoms. The van der Waals surface area contributed by atoms with Crippen molar-refractivity contribution in [1.29, 1.82) is 0 Å². The normalized spacial score (nSPS) is 12.8. The van der Waals surface area contributed by atoms with Gasteiger partial charge in [-0.15, -0.1) is 0 Å².